The molecule has 0 aliphatic rings. The number of hydrogen-bond acceptors (Lipinski definition) is 5. The van der Waals surface area contributed by atoms with Crippen LogP contribution >= 0.6 is 0 Å². The Hall–Kier alpha value is -4.76. The van der Waals surface area contributed by atoms with Crippen molar-refractivity contribution in [1.29, 1.82) is 0 Å². The summed E-state index contributed by atoms with van der Waals surface area (Å²) in [4.78, 5) is 39.2. The van der Waals surface area contributed by atoms with Gasteiger partial charge in [-0.15, -0.1) is 0 Å². The number of carboxylic acid groups (broad SMARTS) is 1. The van der Waals surface area contributed by atoms with E-state index in [0.717, 1.165) is 21.9 Å². The Morgan fingerprint density at radius 1 is 1.05 bits per heavy atom. The molecule has 188 valence electrons. The van der Waals surface area contributed by atoms with Gasteiger partial charge in [0.15, 0.2) is 5.69 Å². The van der Waals surface area contributed by atoms with E-state index in [4.69, 9.17) is 9.90 Å². The van der Waals surface area contributed by atoms with Crippen LogP contribution in [0.15, 0.2) is 89.9 Å². The highest BCUT2D eigenvalue weighted by atomic mass is 16.3. The highest BCUT2D eigenvalue weighted by molar-refractivity contribution is 5.94. The quantitative estimate of drug-likeness (QED) is 0.309. The van der Waals surface area contributed by atoms with Crippen molar-refractivity contribution in [3.63, 3.8) is 0 Å². The van der Waals surface area contributed by atoms with Crippen LogP contribution in [0.1, 0.15) is 22.1 Å². The monoisotopic (exact) mass is 497 g/mol. The Morgan fingerprint density at radius 2 is 1.73 bits per heavy atom. The fraction of sp³-hybridized carbons (Fsp3) is 0.143. The third kappa shape index (κ3) is 5.91. The number of H-pyrrole nitrogens is 1. The van der Waals surface area contributed by atoms with Crippen molar-refractivity contribution in [3.8, 4) is 11.3 Å². The maximum atomic E-state index is 13.1. The minimum absolute atomic E-state index is 0.195. The molecule has 37 heavy (non-hydrogen) atoms. The van der Waals surface area contributed by atoms with Gasteiger partial charge in [0.05, 0.1) is 17.9 Å². The first kappa shape index (κ1) is 25.3. The van der Waals surface area contributed by atoms with Crippen LogP contribution in [0.3, 0.4) is 0 Å². The molecule has 0 aliphatic carbocycles. The molecule has 0 fully saturated rings. The van der Waals surface area contributed by atoms with Gasteiger partial charge in [-0.3, -0.25) is 14.4 Å². The van der Waals surface area contributed by atoms with Gasteiger partial charge in [0.1, 0.15) is 5.52 Å². The van der Waals surface area contributed by atoms with Crippen LogP contribution in [0.5, 0.6) is 0 Å². The molecule has 2 heterocycles. The Bertz CT molecular complexity index is 1590. The molecule has 0 radical (unpaired) electrons. The molecule has 5 rings (SSSR count). The first-order chi connectivity index (χ1) is 17.9. The first-order valence-electron chi connectivity index (χ1n) is 11.6. The second-order valence-electron chi connectivity index (χ2n) is 8.72. The van der Waals surface area contributed by atoms with Crippen molar-refractivity contribution in [2.45, 2.75) is 6.04 Å². The topological polar surface area (TPSA) is 120 Å². The van der Waals surface area contributed by atoms with Gasteiger partial charge in [0, 0.05) is 18.2 Å². The number of aromatic amines is 1. The first-order valence-corrected chi connectivity index (χ1v) is 11.6. The van der Waals surface area contributed by atoms with Crippen LogP contribution in [0.25, 0.3) is 27.5 Å². The number of hydrogen-bond donors (Lipinski definition) is 3. The summed E-state index contributed by atoms with van der Waals surface area (Å²) in [7, 11) is 3.92. The van der Waals surface area contributed by atoms with Gasteiger partial charge < -0.3 is 20.3 Å². The summed E-state index contributed by atoms with van der Waals surface area (Å²) >= 11 is 0. The Morgan fingerprint density at radius 3 is 2.43 bits per heavy atom. The lowest BCUT2D eigenvalue weighted by Crippen LogP contribution is -2.35. The average molecular weight is 498 g/mol. The summed E-state index contributed by atoms with van der Waals surface area (Å²) < 4.78 is 1.47. The predicted molar refractivity (Wildman–Crippen MR) is 143 cm³/mol. The van der Waals surface area contributed by atoms with Gasteiger partial charge in [-0.2, -0.15) is 5.10 Å². The van der Waals surface area contributed by atoms with Gasteiger partial charge in [-0.1, -0.05) is 66.7 Å². The summed E-state index contributed by atoms with van der Waals surface area (Å²) in [5.41, 5.74) is 2.72. The minimum Gasteiger partial charge on any atom is -0.483 e. The molecule has 1 atom stereocenters. The van der Waals surface area contributed by atoms with E-state index in [9.17, 15) is 9.59 Å². The number of carbonyl (C=O) groups is 2. The van der Waals surface area contributed by atoms with Crippen LogP contribution in [0, 0.1) is 0 Å². The molecular formula is C28H27N5O4. The van der Waals surface area contributed by atoms with Crippen molar-refractivity contribution in [1.82, 2.24) is 24.8 Å². The maximum Gasteiger partial charge on any atom is 0.290 e. The smallest absolute Gasteiger partial charge is 0.290 e. The van der Waals surface area contributed by atoms with E-state index < -0.39 is 0 Å². The SMILES string of the molecule is CN(C)CC(NC(=O)c1cc2c(=O)[nH]c(-c3ccc4ccccc4c3)cn2n1)c1ccccc1.O=CO. The average Bonchev–Trinajstić information content (AvgIpc) is 3.34. The van der Waals surface area contributed by atoms with Crippen LogP contribution in [0.4, 0.5) is 0 Å². The number of amides is 1. The molecule has 3 aromatic carbocycles. The van der Waals surface area contributed by atoms with E-state index in [1.165, 1.54) is 10.6 Å². The predicted octanol–water partition coefficient (Wildman–Crippen LogP) is 3.58. The molecule has 1 amide bonds. The number of benzene rings is 3. The summed E-state index contributed by atoms with van der Waals surface area (Å²) in [5, 5.41) is 16.6. The highest BCUT2D eigenvalue weighted by Gasteiger charge is 2.19. The number of aromatic nitrogens is 3. The van der Waals surface area contributed by atoms with Crippen LogP contribution in [-0.4, -0.2) is 57.6 Å². The molecular weight excluding hydrogens is 470 g/mol. The van der Waals surface area contributed by atoms with E-state index in [0.29, 0.717) is 17.8 Å². The zero-order valence-electron chi connectivity index (χ0n) is 20.5. The normalized spacial score (nSPS) is 11.6. The molecule has 0 aliphatic heterocycles. The van der Waals surface area contributed by atoms with Crippen molar-refractivity contribution in [2.75, 3.05) is 20.6 Å². The van der Waals surface area contributed by atoms with Crippen LogP contribution in [0.2, 0.25) is 0 Å². The largest absolute Gasteiger partial charge is 0.483 e. The van der Waals surface area contributed by atoms with Crippen LogP contribution < -0.4 is 10.9 Å². The summed E-state index contributed by atoms with van der Waals surface area (Å²) in [6.07, 6.45) is 1.74. The molecule has 9 heteroatoms. The van der Waals surface area contributed by atoms with Crippen LogP contribution in [-0.2, 0) is 4.79 Å². The van der Waals surface area contributed by atoms with Crippen molar-refractivity contribution < 1.29 is 14.7 Å². The fourth-order valence-corrected chi connectivity index (χ4v) is 4.13. The number of fused-ring (bicyclic) bond motifs is 2. The van der Waals surface area contributed by atoms with E-state index in [1.807, 2.05) is 91.8 Å². The fourth-order valence-electron chi connectivity index (χ4n) is 4.13. The number of likely N-dealkylation sites (N-methyl/N-ethyl adjacent to an activating group) is 1. The van der Waals surface area contributed by atoms with Crippen molar-refractivity contribution in [3.05, 3.63) is 107 Å². The number of rotatable bonds is 6. The number of nitrogens with zero attached hydrogens (tertiary/aromatic N) is 3. The third-order valence-corrected chi connectivity index (χ3v) is 5.82. The Balaban J connectivity index is 0.00000102. The van der Waals surface area contributed by atoms with E-state index in [2.05, 4.69) is 15.4 Å². The van der Waals surface area contributed by atoms with Gasteiger partial charge >= 0.3 is 0 Å². The number of carbonyl (C=O) groups excluding carboxylic acids is 1. The number of nitrogens with one attached hydrogen (secondary N) is 2. The van der Waals surface area contributed by atoms with Crippen molar-refractivity contribution in [2.24, 2.45) is 0 Å². The third-order valence-electron chi connectivity index (χ3n) is 5.82. The maximum absolute atomic E-state index is 13.1. The van der Waals surface area contributed by atoms with Gasteiger partial charge in [-0.05, 0) is 36.5 Å². The molecule has 1 unspecified atom stereocenters. The lowest BCUT2D eigenvalue weighted by atomic mass is 10.1. The van der Waals surface area contributed by atoms with E-state index >= 15 is 0 Å². The molecule has 0 saturated heterocycles. The highest BCUT2D eigenvalue weighted by Crippen LogP contribution is 2.23. The molecule has 2 aromatic heterocycles. The zero-order valence-corrected chi connectivity index (χ0v) is 20.5. The standard InChI is InChI=1S/C27H25N5O2.CH2O2/c1-31(2)16-23(19-9-4-3-5-10-19)28-26(33)22-15-25-27(34)29-24(17-32(25)30-22)21-13-12-18-8-6-7-11-20(18)14-21;2-1-3/h3-15,17,23H,16H2,1-2H3,(H,28,33)(H,29,34);1H,(H,2,3). The summed E-state index contributed by atoms with van der Waals surface area (Å²) in [6, 6.07) is 25.2. The second kappa shape index (κ2) is 11.3. The molecule has 5 aromatic rings. The lowest BCUT2D eigenvalue weighted by molar-refractivity contribution is -0.122. The zero-order chi connectivity index (χ0) is 26.4. The molecule has 0 bridgehead atoms. The lowest BCUT2D eigenvalue weighted by Gasteiger charge is -2.22. The molecule has 0 saturated carbocycles. The van der Waals surface area contributed by atoms with Gasteiger partial charge in [-0.25, -0.2) is 4.52 Å². The Labute approximate surface area is 213 Å². The summed E-state index contributed by atoms with van der Waals surface area (Å²) in [5.74, 6) is -0.328. The molecule has 0 spiro atoms. The minimum atomic E-state index is -0.328. The van der Waals surface area contributed by atoms with Crippen molar-refractivity contribution >= 4 is 28.7 Å². The van der Waals surface area contributed by atoms with Gasteiger partial charge in [0.2, 0.25) is 0 Å². The Kier molecular flexibility index (Phi) is 7.75. The summed E-state index contributed by atoms with van der Waals surface area (Å²) in [6.45, 7) is 0.385. The molecule has 3 N–H and O–H groups in total. The van der Waals surface area contributed by atoms with E-state index in [1.54, 1.807) is 6.20 Å². The van der Waals surface area contributed by atoms with E-state index in [-0.39, 0.29) is 29.7 Å². The molecule has 9 nitrogen and oxygen atoms in total. The second-order valence-corrected chi connectivity index (χ2v) is 8.72. The van der Waals surface area contributed by atoms with Gasteiger partial charge in [0.25, 0.3) is 17.9 Å².